The fourth-order valence-corrected chi connectivity index (χ4v) is 4.52. The smallest absolute Gasteiger partial charge is 0.265 e. The molecule has 9 nitrogen and oxygen atoms in total. The van der Waals surface area contributed by atoms with Gasteiger partial charge in [0.1, 0.15) is 11.5 Å². The first kappa shape index (κ1) is 25.0. The highest BCUT2D eigenvalue weighted by Gasteiger charge is 2.35. The summed E-state index contributed by atoms with van der Waals surface area (Å²) in [5.41, 5.74) is 2.85. The molecule has 2 aliphatic rings. The molecule has 0 radical (unpaired) electrons. The lowest BCUT2D eigenvalue weighted by atomic mass is 10.1. The summed E-state index contributed by atoms with van der Waals surface area (Å²) in [7, 11) is 0. The van der Waals surface area contributed by atoms with Crippen LogP contribution < -0.4 is 19.7 Å². The molecule has 38 heavy (non-hydrogen) atoms. The van der Waals surface area contributed by atoms with Gasteiger partial charge in [0.2, 0.25) is 5.91 Å². The number of hydrogen-bond donors (Lipinski definition) is 1. The molecule has 194 valence electrons. The van der Waals surface area contributed by atoms with E-state index in [4.69, 9.17) is 9.47 Å². The van der Waals surface area contributed by atoms with Gasteiger partial charge < -0.3 is 19.7 Å². The molecular weight excluding hydrogens is 486 g/mol. The van der Waals surface area contributed by atoms with Crippen LogP contribution in [0.2, 0.25) is 0 Å². The van der Waals surface area contributed by atoms with Crippen LogP contribution in [0.15, 0.2) is 66.7 Å². The SMILES string of the molecule is Cc1cccc(OCCCN2C(=O)COc3ccc(NC(=O)CCN4C(=O)c5ccccc5C4=O)cc32)c1. The Balaban J connectivity index is 1.18. The van der Waals surface area contributed by atoms with E-state index in [2.05, 4.69) is 5.32 Å². The molecule has 0 spiro atoms. The third kappa shape index (κ3) is 5.22. The molecule has 2 aliphatic heterocycles. The third-order valence-corrected chi connectivity index (χ3v) is 6.41. The number of nitrogens with zero attached hydrogens (tertiary/aromatic N) is 2. The number of ether oxygens (including phenoxy) is 2. The van der Waals surface area contributed by atoms with Crippen LogP contribution in [-0.2, 0) is 9.59 Å². The minimum atomic E-state index is -0.398. The summed E-state index contributed by atoms with van der Waals surface area (Å²) in [6.07, 6.45) is 0.550. The Morgan fingerprint density at radius 2 is 1.68 bits per heavy atom. The average molecular weight is 514 g/mol. The van der Waals surface area contributed by atoms with Crippen molar-refractivity contribution in [2.75, 3.05) is 36.5 Å². The fraction of sp³-hybridized carbons (Fsp3) is 0.241. The number of benzene rings is 3. The highest BCUT2D eigenvalue weighted by atomic mass is 16.5. The molecule has 2 heterocycles. The second kappa shape index (κ2) is 10.8. The van der Waals surface area contributed by atoms with E-state index in [0.29, 0.717) is 47.8 Å². The maximum absolute atomic E-state index is 12.7. The summed E-state index contributed by atoms with van der Waals surface area (Å²) in [5, 5.41) is 2.79. The number of hydrogen-bond acceptors (Lipinski definition) is 6. The number of carbonyl (C=O) groups is 4. The zero-order chi connectivity index (χ0) is 26.6. The van der Waals surface area contributed by atoms with Gasteiger partial charge in [-0.15, -0.1) is 0 Å². The zero-order valence-electron chi connectivity index (χ0n) is 20.9. The van der Waals surface area contributed by atoms with E-state index in [-0.39, 0.29) is 31.4 Å². The zero-order valence-corrected chi connectivity index (χ0v) is 20.9. The van der Waals surface area contributed by atoms with Crippen LogP contribution >= 0.6 is 0 Å². The summed E-state index contributed by atoms with van der Waals surface area (Å²) >= 11 is 0. The lowest BCUT2D eigenvalue weighted by Gasteiger charge is -2.30. The van der Waals surface area contributed by atoms with Crippen molar-refractivity contribution < 1.29 is 28.7 Å². The first-order valence-corrected chi connectivity index (χ1v) is 12.4. The van der Waals surface area contributed by atoms with E-state index < -0.39 is 11.8 Å². The monoisotopic (exact) mass is 513 g/mol. The van der Waals surface area contributed by atoms with E-state index in [9.17, 15) is 19.2 Å². The predicted molar refractivity (Wildman–Crippen MR) is 141 cm³/mol. The fourth-order valence-electron chi connectivity index (χ4n) is 4.52. The Labute approximate surface area is 219 Å². The van der Waals surface area contributed by atoms with Crippen molar-refractivity contribution in [3.8, 4) is 11.5 Å². The lowest BCUT2D eigenvalue weighted by Crippen LogP contribution is -2.39. The van der Waals surface area contributed by atoms with Crippen LogP contribution in [0.3, 0.4) is 0 Å². The molecule has 0 fully saturated rings. The van der Waals surface area contributed by atoms with Gasteiger partial charge in [0, 0.05) is 25.2 Å². The van der Waals surface area contributed by atoms with Gasteiger partial charge >= 0.3 is 0 Å². The highest BCUT2D eigenvalue weighted by Crippen LogP contribution is 2.35. The minimum Gasteiger partial charge on any atom is -0.494 e. The number of aryl methyl sites for hydroxylation is 1. The normalized spacial score (nSPS) is 14.2. The van der Waals surface area contributed by atoms with Gasteiger partial charge in [-0.25, -0.2) is 0 Å². The van der Waals surface area contributed by atoms with Crippen molar-refractivity contribution in [1.82, 2.24) is 4.90 Å². The van der Waals surface area contributed by atoms with Crippen molar-refractivity contribution in [2.45, 2.75) is 19.8 Å². The van der Waals surface area contributed by atoms with Crippen LogP contribution in [0.5, 0.6) is 11.5 Å². The van der Waals surface area contributed by atoms with Crippen LogP contribution in [0.4, 0.5) is 11.4 Å². The van der Waals surface area contributed by atoms with Crippen LogP contribution in [0.1, 0.15) is 39.1 Å². The molecule has 3 aromatic rings. The van der Waals surface area contributed by atoms with E-state index in [1.165, 1.54) is 0 Å². The summed E-state index contributed by atoms with van der Waals surface area (Å²) in [6, 6.07) is 19.5. The molecule has 0 saturated carbocycles. The van der Waals surface area contributed by atoms with Crippen molar-refractivity contribution in [2.24, 2.45) is 0 Å². The number of imide groups is 1. The van der Waals surface area contributed by atoms with Crippen molar-refractivity contribution >= 4 is 35.0 Å². The van der Waals surface area contributed by atoms with Gasteiger partial charge in [0.25, 0.3) is 17.7 Å². The van der Waals surface area contributed by atoms with Crippen molar-refractivity contribution in [3.63, 3.8) is 0 Å². The standard InChI is InChI=1S/C29H27N3O6/c1-19-6-4-7-21(16-19)37-15-5-13-31-24-17-20(10-11-25(24)38-18-27(31)34)30-26(33)12-14-32-28(35)22-8-2-3-9-23(22)29(32)36/h2-4,6-11,16-17H,5,12-15,18H2,1H3,(H,30,33). The van der Waals surface area contributed by atoms with Gasteiger partial charge in [0.15, 0.2) is 6.61 Å². The number of nitrogens with one attached hydrogen (secondary N) is 1. The predicted octanol–water partition coefficient (Wildman–Crippen LogP) is 3.81. The largest absolute Gasteiger partial charge is 0.494 e. The molecule has 9 heteroatoms. The number of amides is 4. The van der Waals surface area contributed by atoms with Crippen molar-refractivity contribution in [1.29, 1.82) is 0 Å². The van der Waals surface area contributed by atoms with Crippen LogP contribution in [-0.4, -0.2) is 54.8 Å². The molecule has 0 unspecified atom stereocenters. The maximum atomic E-state index is 12.7. The van der Waals surface area contributed by atoms with Crippen molar-refractivity contribution in [3.05, 3.63) is 83.4 Å². The summed E-state index contributed by atoms with van der Waals surface area (Å²) < 4.78 is 11.4. The summed E-state index contributed by atoms with van der Waals surface area (Å²) in [6.45, 7) is 2.78. The summed E-state index contributed by atoms with van der Waals surface area (Å²) in [4.78, 5) is 53.0. The number of anilines is 2. The Hall–Kier alpha value is -4.66. The molecule has 0 aliphatic carbocycles. The van der Waals surface area contributed by atoms with E-state index >= 15 is 0 Å². The number of fused-ring (bicyclic) bond motifs is 2. The van der Waals surface area contributed by atoms with Gasteiger partial charge in [-0.05, 0) is 61.4 Å². The Bertz CT molecular complexity index is 1380. The molecule has 5 rings (SSSR count). The molecule has 0 aromatic heterocycles. The van der Waals surface area contributed by atoms with Gasteiger partial charge in [-0.3, -0.25) is 24.1 Å². The molecule has 3 aromatic carbocycles. The Kier molecular flexibility index (Phi) is 7.08. The third-order valence-electron chi connectivity index (χ3n) is 6.41. The molecule has 4 amide bonds. The van der Waals surface area contributed by atoms with Crippen LogP contribution in [0, 0.1) is 6.92 Å². The first-order chi connectivity index (χ1) is 18.4. The molecule has 0 atom stereocenters. The number of carbonyl (C=O) groups excluding carboxylic acids is 4. The van der Waals surface area contributed by atoms with Crippen LogP contribution in [0.25, 0.3) is 0 Å². The maximum Gasteiger partial charge on any atom is 0.265 e. The minimum absolute atomic E-state index is 0.0300. The molecular formula is C29H27N3O6. The summed E-state index contributed by atoms with van der Waals surface area (Å²) in [5.74, 6) is -0.00214. The highest BCUT2D eigenvalue weighted by molar-refractivity contribution is 6.21. The van der Waals surface area contributed by atoms with E-state index in [1.807, 2.05) is 31.2 Å². The quantitative estimate of drug-likeness (QED) is 0.345. The topological polar surface area (TPSA) is 105 Å². The van der Waals surface area contributed by atoms with E-state index in [1.54, 1.807) is 47.4 Å². The van der Waals surface area contributed by atoms with Gasteiger partial charge in [-0.2, -0.15) is 0 Å². The van der Waals surface area contributed by atoms with E-state index in [0.717, 1.165) is 16.2 Å². The number of rotatable bonds is 9. The first-order valence-electron chi connectivity index (χ1n) is 12.4. The molecule has 1 N–H and O–H groups in total. The molecule has 0 saturated heterocycles. The lowest BCUT2D eigenvalue weighted by molar-refractivity contribution is -0.121. The Morgan fingerprint density at radius 3 is 2.42 bits per heavy atom. The molecule has 0 bridgehead atoms. The van der Waals surface area contributed by atoms with Gasteiger partial charge in [-0.1, -0.05) is 24.3 Å². The average Bonchev–Trinajstić information content (AvgIpc) is 3.15. The Morgan fingerprint density at radius 1 is 0.921 bits per heavy atom. The van der Waals surface area contributed by atoms with Gasteiger partial charge in [0.05, 0.1) is 23.4 Å². The second-order valence-corrected chi connectivity index (χ2v) is 9.14. The second-order valence-electron chi connectivity index (χ2n) is 9.14.